The van der Waals surface area contributed by atoms with Crippen LogP contribution in [0.15, 0.2) is 12.1 Å². The molecule has 4 heteroatoms. The van der Waals surface area contributed by atoms with Gasteiger partial charge in [0.1, 0.15) is 0 Å². The third-order valence-electron chi connectivity index (χ3n) is 7.08. The summed E-state index contributed by atoms with van der Waals surface area (Å²) in [6.45, 7) is 0. The first-order chi connectivity index (χ1) is 13.8. The summed E-state index contributed by atoms with van der Waals surface area (Å²) < 4.78 is 0. The maximum Gasteiger partial charge on any atom is 0.0812 e. The van der Waals surface area contributed by atoms with Gasteiger partial charge in [0.2, 0.25) is 0 Å². The highest BCUT2D eigenvalue weighted by atomic mass is 28.1. The molecule has 0 spiro atoms. The van der Waals surface area contributed by atoms with Crippen LogP contribution >= 0.6 is 0 Å². The Kier molecular flexibility index (Phi) is 7.22. The average molecular weight is 397 g/mol. The summed E-state index contributed by atoms with van der Waals surface area (Å²) in [5.41, 5.74) is 3.91. The monoisotopic (exact) mass is 396 g/mol. The Balaban J connectivity index is 1.58. The van der Waals surface area contributed by atoms with Crippen LogP contribution in [0, 0.1) is 0 Å². The zero-order valence-corrected chi connectivity index (χ0v) is 18.5. The van der Waals surface area contributed by atoms with Gasteiger partial charge in [-0.1, -0.05) is 63.9 Å². The molecule has 0 amide bonds. The lowest BCUT2D eigenvalue weighted by molar-refractivity contribution is 0.458. The number of anilines is 3. The first-order valence-corrected chi connectivity index (χ1v) is 12.5. The molecule has 3 N–H and O–H groups in total. The molecule has 3 nitrogen and oxygen atoms in total. The molecule has 0 atom stereocenters. The molecule has 3 aliphatic carbocycles. The molecule has 0 bridgehead atoms. The van der Waals surface area contributed by atoms with Crippen molar-refractivity contribution in [3.8, 4) is 0 Å². The molecule has 3 fully saturated rings. The van der Waals surface area contributed by atoms with E-state index in [0.717, 1.165) is 0 Å². The molecule has 0 aliphatic heterocycles. The molecular formula is C24H38N3Si. The van der Waals surface area contributed by atoms with Crippen molar-refractivity contribution in [3.05, 3.63) is 12.1 Å². The van der Waals surface area contributed by atoms with Crippen LogP contribution in [0.4, 0.5) is 17.1 Å². The zero-order valence-electron chi connectivity index (χ0n) is 17.5. The third kappa shape index (κ3) is 5.25. The molecule has 0 unspecified atom stereocenters. The fourth-order valence-electron chi connectivity index (χ4n) is 5.39. The van der Waals surface area contributed by atoms with Crippen molar-refractivity contribution in [2.45, 2.75) is 114 Å². The Labute approximate surface area is 175 Å². The Morgan fingerprint density at radius 1 is 0.536 bits per heavy atom. The van der Waals surface area contributed by atoms with Crippen LogP contribution < -0.4 is 21.1 Å². The predicted octanol–water partition coefficient (Wildman–Crippen LogP) is 5.71. The van der Waals surface area contributed by atoms with Crippen molar-refractivity contribution in [3.63, 3.8) is 0 Å². The van der Waals surface area contributed by atoms with E-state index in [0.29, 0.717) is 18.1 Å². The van der Waals surface area contributed by atoms with Gasteiger partial charge >= 0.3 is 0 Å². The van der Waals surface area contributed by atoms with Crippen molar-refractivity contribution in [2.24, 2.45) is 0 Å². The molecule has 1 aromatic carbocycles. The van der Waals surface area contributed by atoms with Crippen LogP contribution in [-0.2, 0) is 0 Å². The summed E-state index contributed by atoms with van der Waals surface area (Å²) in [4.78, 5) is 0. The van der Waals surface area contributed by atoms with Crippen LogP contribution in [-0.4, -0.2) is 28.4 Å². The summed E-state index contributed by atoms with van der Waals surface area (Å²) >= 11 is 0. The van der Waals surface area contributed by atoms with Gasteiger partial charge in [-0.25, -0.2) is 0 Å². The van der Waals surface area contributed by atoms with E-state index in [-0.39, 0.29) is 0 Å². The average Bonchev–Trinajstić information content (AvgIpc) is 2.75. The molecule has 3 radical (unpaired) electrons. The number of hydrogen-bond acceptors (Lipinski definition) is 3. The van der Waals surface area contributed by atoms with Gasteiger partial charge in [-0.2, -0.15) is 0 Å². The lowest BCUT2D eigenvalue weighted by Gasteiger charge is -2.32. The van der Waals surface area contributed by atoms with E-state index in [2.05, 4.69) is 38.3 Å². The molecule has 153 valence electrons. The summed E-state index contributed by atoms with van der Waals surface area (Å²) in [7, 11) is 3.93. The molecule has 3 aliphatic rings. The Hall–Kier alpha value is -1.16. The Morgan fingerprint density at radius 3 is 1.46 bits per heavy atom. The van der Waals surface area contributed by atoms with Gasteiger partial charge in [-0.3, -0.25) is 0 Å². The van der Waals surface area contributed by atoms with Crippen LogP contribution in [0.2, 0.25) is 0 Å². The second kappa shape index (κ2) is 10.0. The van der Waals surface area contributed by atoms with Gasteiger partial charge in [0.25, 0.3) is 0 Å². The summed E-state index contributed by atoms with van der Waals surface area (Å²) in [6, 6.07) is 6.37. The van der Waals surface area contributed by atoms with E-state index >= 15 is 0 Å². The molecule has 4 rings (SSSR count). The lowest BCUT2D eigenvalue weighted by Crippen LogP contribution is -2.30. The van der Waals surface area contributed by atoms with Crippen molar-refractivity contribution in [2.75, 3.05) is 16.0 Å². The second-order valence-electron chi connectivity index (χ2n) is 9.35. The van der Waals surface area contributed by atoms with Crippen molar-refractivity contribution in [1.82, 2.24) is 0 Å². The summed E-state index contributed by atoms with van der Waals surface area (Å²) in [6.07, 6.45) is 20.2. The van der Waals surface area contributed by atoms with E-state index in [1.165, 1.54) is 119 Å². The lowest BCUT2D eigenvalue weighted by atomic mass is 9.93. The Bertz CT molecular complexity index is 615. The van der Waals surface area contributed by atoms with Gasteiger partial charge in [0, 0.05) is 18.1 Å². The molecule has 0 saturated heterocycles. The van der Waals surface area contributed by atoms with Gasteiger partial charge in [-0.05, 0) is 49.8 Å². The first kappa shape index (κ1) is 20.1. The first-order valence-electron chi connectivity index (χ1n) is 12.0. The maximum absolute atomic E-state index is 3.98. The smallest absolute Gasteiger partial charge is 0.0812 e. The number of hydrogen-bond donors (Lipinski definition) is 3. The number of benzene rings is 1. The van der Waals surface area contributed by atoms with Crippen molar-refractivity contribution >= 4 is 32.5 Å². The summed E-state index contributed by atoms with van der Waals surface area (Å²) in [5.74, 6) is 0. The quantitative estimate of drug-likeness (QED) is 0.539. The van der Waals surface area contributed by atoms with Gasteiger partial charge in [0.15, 0.2) is 0 Å². The van der Waals surface area contributed by atoms with E-state index in [1.807, 2.05) is 0 Å². The molecule has 0 heterocycles. The van der Waals surface area contributed by atoms with Crippen LogP contribution in [0.3, 0.4) is 0 Å². The maximum atomic E-state index is 3.98. The highest BCUT2D eigenvalue weighted by Crippen LogP contribution is 2.35. The Morgan fingerprint density at radius 2 is 0.964 bits per heavy atom. The molecule has 1 aromatic rings. The number of nitrogens with one attached hydrogen (secondary N) is 3. The number of rotatable bonds is 6. The predicted molar refractivity (Wildman–Crippen MR) is 123 cm³/mol. The van der Waals surface area contributed by atoms with E-state index in [9.17, 15) is 0 Å². The SMILES string of the molecule is [Si]c1ccc(NC2CCCCC2)c(NC2CCCCC2)c1NC1CCCCC1. The van der Waals surface area contributed by atoms with Crippen molar-refractivity contribution < 1.29 is 0 Å². The minimum absolute atomic E-state index is 0.612. The van der Waals surface area contributed by atoms with Crippen LogP contribution in [0.5, 0.6) is 0 Å². The van der Waals surface area contributed by atoms with Gasteiger partial charge in [0.05, 0.1) is 27.3 Å². The zero-order chi connectivity index (χ0) is 19.2. The normalized spacial score (nSPS) is 22.8. The molecule has 3 saturated carbocycles. The second-order valence-corrected chi connectivity index (χ2v) is 9.89. The highest BCUT2D eigenvalue weighted by Gasteiger charge is 2.22. The fourth-order valence-corrected chi connectivity index (χ4v) is 5.67. The van der Waals surface area contributed by atoms with E-state index in [4.69, 9.17) is 0 Å². The largest absolute Gasteiger partial charge is 0.381 e. The highest BCUT2D eigenvalue weighted by molar-refractivity contribution is 6.37. The molecule has 0 aromatic heterocycles. The van der Waals surface area contributed by atoms with Crippen LogP contribution in [0.25, 0.3) is 0 Å². The minimum Gasteiger partial charge on any atom is -0.381 e. The molecular weight excluding hydrogens is 358 g/mol. The van der Waals surface area contributed by atoms with Gasteiger partial charge < -0.3 is 16.0 Å². The topological polar surface area (TPSA) is 36.1 Å². The van der Waals surface area contributed by atoms with E-state index in [1.54, 1.807) is 0 Å². The van der Waals surface area contributed by atoms with E-state index < -0.39 is 0 Å². The van der Waals surface area contributed by atoms with Gasteiger partial charge in [-0.15, -0.1) is 0 Å². The minimum atomic E-state index is 0.612. The van der Waals surface area contributed by atoms with Crippen molar-refractivity contribution in [1.29, 1.82) is 0 Å². The standard InChI is InChI=1S/C24H38N3Si/c28-22-17-16-21(25-18-10-4-1-5-11-18)23(26-19-12-6-2-7-13-19)24(22)27-20-14-8-3-9-15-20/h16-20,25-27H,1-15H2. The third-order valence-corrected chi connectivity index (χ3v) is 7.49. The fraction of sp³-hybridized carbons (Fsp3) is 0.750. The molecule has 28 heavy (non-hydrogen) atoms. The summed E-state index contributed by atoms with van der Waals surface area (Å²) in [5, 5.41) is 13.0. The van der Waals surface area contributed by atoms with Crippen LogP contribution in [0.1, 0.15) is 96.3 Å².